The second-order valence-electron chi connectivity index (χ2n) is 10.3. The molecule has 4 rings (SSSR count). The molecule has 3 aliphatic heterocycles. The second kappa shape index (κ2) is 10.7. The number of aliphatic hydroxyl groups is 1. The van der Waals surface area contributed by atoms with Gasteiger partial charge in [0.25, 0.3) is 0 Å². The first kappa shape index (κ1) is 25.6. The summed E-state index contributed by atoms with van der Waals surface area (Å²) in [5.74, 6) is -1.73. The van der Waals surface area contributed by atoms with E-state index in [-0.39, 0.29) is 30.4 Å². The van der Waals surface area contributed by atoms with Crippen molar-refractivity contribution in [1.29, 1.82) is 0 Å². The molecule has 3 N–H and O–H groups in total. The van der Waals surface area contributed by atoms with Gasteiger partial charge >= 0.3 is 0 Å². The number of para-hydroxylation sites is 1. The fraction of sp³-hybridized carbons (Fsp3) is 0.667. The average molecular weight is 486 g/mol. The molecule has 0 aromatic heterocycles. The minimum Gasteiger partial charge on any atom is -0.396 e. The van der Waals surface area contributed by atoms with Crippen LogP contribution in [0.3, 0.4) is 0 Å². The van der Waals surface area contributed by atoms with Gasteiger partial charge in [0.1, 0.15) is 11.6 Å². The van der Waals surface area contributed by atoms with Crippen LogP contribution in [0.2, 0.25) is 0 Å². The lowest BCUT2D eigenvalue weighted by Crippen LogP contribution is -2.53. The number of anilines is 1. The number of nitrogens with one attached hydrogen (secondary N) is 2. The van der Waals surface area contributed by atoms with Gasteiger partial charge in [0, 0.05) is 25.4 Å². The Hall–Kier alpha value is -2.45. The lowest BCUT2D eigenvalue weighted by atomic mass is 9.70. The molecule has 3 heterocycles. The number of fused-ring (bicyclic) bond motifs is 1. The summed E-state index contributed by atoms with van der Waals surface area (Å²) in [4.78, 5) is 42.5. The lowest BCUT2D eigenvalue weighted by Gasteiger charge is -2.33. The highest BCUT2D eigenvalue weighted by Gasteiger charge is 2.74. The molecule has 1 spiro atoms. The van der Waals surface area contributed by atoms with Crippen LogP contribution in [0.25, 0.3) is 0 Å². The number of carbonyl (C=O) groups is 3. The Morgan fingerprint density at radius 1 is 1.14 bits per heavy atom. The maximum absolute atomic E-state index is 13.9. The lowest BCUT2D eigenvalue weighted by molar-refractivity contribution is -0.140. The number of likely N-dealkylation sites (tertiary alicyclic amines) is 1. The van der Waals surface area contributed by atoms with Crippen molar-refractivity contribution >= 4 is 23.4 Å². The molecule has 0 saturated carbocycles. The molecule has 2 unspecified atom stereocenters. The molecular weight excluding hydrogens is 446 g/mol. The van der Waals surface area contributed by atoms with E-state index in [1.165, 1.54) is 0 Å². The Morgan fingerprint density at radius 3 is 2.54 bits per heavy atom. The zero-order valence-electron chi connectivity index (χ0n) is 21.1. The maximum Gasteiger partial charge on any atom is 0.250 e. The SMILES string of the molecule is CCCNC(=O)[C@@H]1[C@H]2C(=O)N(CCCCCCO)C(C(=O)Nc3c(C)cccc3C)C23CC[C@H]1O3. The van der Waals surface area contributed by atoms with Crippen LogP contribution in [0.1, 0.15) is 63.0 Å². The van der Waals surface area contributed by atoms with Gasteiger partial charge in [-0.15, -0.1) is 0 Å². The number of ether oxygens (including phenoxy) is 1. The average Bonchev–Trinajstić information content (AvgIpc) is 3.47. The molecule has 2 bridgehead atoms. The Labute approximate surface area is 207 Å². The first-order chi connectivity index (χ1) is 16.9. The van der Waals surface area contributed by atoms with E-state index in [0.717, 1.165) is 48.9 Å². The van der Waals surface area contributed by atoms with Crippen LogP contribution in [0, 0.1) is 25.7 Å². The molecule has 3 amide bonds. The molecule has 3 saturated heterocycles. The molecule has 8 heteroatoms. The van der Waals surface area contributed by atoms with Gasteiger partial charge in [-0.1, -0.05) is 38.0 Å². The quantitative estimate of drug-likeness (QED) is 0.418. The highest BCUT2D eigenvalue weighted by atomic mass is 16.5. The maximum atomic E-state index is 13.9. The topological polar surface area (TPSA) is 108 Å². The van der Waals surface area contributed by atoms with E-state index < -0.39 is 23.5 Å². The van der Waals surface area contributed by atoms with Crippen molar-refractivity contribution < 1.29 is 24.2 Å². The van der Waals surface area contributed by atoms with E-state index in [4.69, 9.17) is 9.84 Å². The number of hydrogen-bond acceptors (Lipinski definition) is 5. The zero-order valence-corrected chi connectivity index (χ0v) is 21.1. The van der Waals surface area contributed by atoms with E-state index in [1.54, 1.807) is 4.90 Å². The summed E-state index contributed by atoms with van der Waals surface area (Å²) in [5.41, 5.74) is 1.71. The van der Waals surface area contributed by atoms with E-state index in [1.807, 2.05) is 39.0 Å². The van der Waals surface area contributed by atoms with Crippen molar-refractivity contribution in [2.24, 2.45) is 11.8 Å². The number of unbranched alkanes of at least 4 members (excludes halogenated alkanes) is 3. The van der Waals surface area contributed by atoms with Crippen LogP contribution in [0.15, 0.2) is 18.2 Å². The molecule has 35 heavy (non-hydrogen) atoms. The van der Waals surface area contributed by atoms with E-state index >= 15 is 0 Å². The number of aryl methyl sites for hydroxylation is 2. The van der Waals surface area contributed by atoms with Crippen molar-refractivity contribution in [3.63, 3.8) is 0 Å². The van der Waals surface area contributed by atoms with Gasteiger partial charge in [-0.25, -0.2) is 0 Å². The third-order valence-corrected chi connectivity index (χ3v) is 7.94. The summed E-state index contributed by atoms with van der Waals surface area (Å²) in [6.07, 6.45) is 4.93. The fourth-order valence-electron chi connectivity index (χ4n) is 6.31. The molecule has 5 atom stereocenters. The van der Waals surface area contributed by atoms with Crippen molar-refractivity contribution in [3.05, 3.63) is 29.3 Å². The van der Waals surface area contributed by atoms with Gasteiger partial charge in [0.2, 0.25) is 17.7 Å². The Kier molecular flexibility index (Phi) is 7.81. The first-order valence-corrected chi connectivity index (χ1v) is 13.1. The van der Waals surface area contributed by atoms with Crippen LogP contribution >= 0.6 is 0 Å². The number of aliphatic hydroxyl groups excluding tert-OH is 1. The largest absolute Gasteiger partial charge is 0.396 e. The zero-order chi connectivity index (χ0) is 25.2. The second-order valence-corrected chi connectivity index (χ2v) is 10.3. The monoisotopic (exact) mass is 485 g/mol. The molecule has 1 aromatic carbocycles. The molecule has 0 aliphatic carbocycles. The highest BCUT2D eigenvalue weighted by molar-refractivity contribution is 6.04. The summed E-state index contributed by atoms with van der Waals surface area (Å²) >= 11 is 0. The molecule has 3 fully saturated rings. The van der Waals surface area contributed by atoms with Crippen LogP contribution < -0.4 is 10.6 Å². The van der Waals surface area contributed by atoms with Gasteiger partial charge in [-0.05, 0) is 57.1 Å². The normalized spacial score (nSPS) is 28.9. The smallest absolute Gasteiger partial charge is 0.250 e. The minimum atomic E-state index is -0.970. The van der Waals surface area contributed by atoms with Crippen LogP contribution in [-0.4, -0.2) is 65.2 Å². The number of rotatable bonds is 11. The summed E-state index contributed by atoms with van der Waals surface area (Å²) < 4.78 is 6.46. The standard InChI is InChI=1S/C27H39N3O5/c1-4-14-28-24(32)20-19-12-13-27(35-19)21(20)26(34)30(15-7-5-6-8-16-31)23(27)25(33)29-22-17(2)10-9-11-18(22)3/h9-11,19-21,23,31H,4-8,12-16H2,1-3H3,(H,28,32)(H,29,33)/t19-,20+,21+,23?,27?/m1/s1. The van der Waals surface area contributed by atoms with Crippen molar-refractivity contribution in [1.82, 2.24) is 10.2 Å². The molecule has 1 aromatic rings. The predicted molar refractivity (Wildman–Crippen MR) is 133 cm³/mol. The molecule has 8 nitrogen and oxygen atoms in total. The number of benzene rings is 1. The number of amides is 3. The van der Waals surface area contributed by atoms with Gasteiger partial charge in [-0.2, -0.15) is 0 Å². The van der Waals surface area contributed by atoms with Crippen molar-refractivity contribution in [2.45, 2.75) is 83.5 Å². The molecule has 0 radical (unpaired) electrons. The van der Waals surface area contributed by atoms with Gasteiger partial charge < -0.3 is 25.4 Å². The van der Waals surface area contributed by atoms with E-state index in [0.29, 0.717) is 25.9 Å². The minimum absolute atomic E-state index is 0.143. The molecule has 3 aliphatic rings. The van der Waals surface area contributed by atoms with Gasteiger partial charge in [0.05, 0.1) is 17.9 Å². The third kappa shape index (κ3) is 4.58. The Morgan fingerprint density at radius 2 is 1.86 bits per heavy atom. The predicted octanol–water partition coefficient (Wildman–Crippen LogP) is 2.70. The molecule has 192 valence electrons. The summed E-state index contributed by atoms with van der Waals surface area (Å²) in [6, 6.07) is 5.09. The Balaban J connectivity index is 1.63. The summed E-state index contributed by atoms with van der Waals surface area (Å²) in [5, 5.41) is 15.1. The van der Waals surface area contributed by atoms with E-state index in [9.17, 15) is 14.4 Å². The third-order valence-electron chi connectivity index (χ3n) is 7.94. The first-order valence-electron chi connectivity index (χ1n) is 13.1. The van der Waals surface area contributed by atoms with Gasteiger partial charge in [0.15, 0.2) is 0 Å². The van der Waals surface area contributed by atoms with Crippen LogP contribution in [0.5, 0.6) is 0 Å². The van der Waals surface area contributed by atoms with Crippen LogP contribution in [-0.2, 0) is 19.1 Å². The molecular formula is C27H39N3O5. The fourth-order valence-corrected chi connectivity index (χ4v) is 6.31. The number of hydrogen-bond donors (Lipinski definition) is 3. The summed E-state index contributed by atoms with van der Waals surface area (Å²) in [7, 11) is 0. The highest BCUT2D eigenvalue weighted by Crippen LogP contribution is 2.58. The summed E-state index contributed by atoms with van der Waals surface area (Å²) in [6.45, 7) is 7.04. The van der Waals surface area contributed by atoms with E-state index in [2.05, 4.69) is 10.6 Å². The Bertz CT molecular complexity index is 946. The van der Waals surface area contributed by atoms with Crippen LogP contribution in [0.4, 0.5) is 5.69 Å². The van der Waals surface area contributed by atoms with Gasteiger partial charge in [-0.3, -0.25) is 14.4 Å². The van der Waals surface area contributed by atoms with Crippen molar-refractivity contribution in [2.75, 3.05) is 25.0 Å². The van der Waals surface area contributed by atoms with Crippen molar-refractivity contribution in [3.8, 4) is 0 Å². The number of nitrogens with zero attached hydrogens (tertiary/aromatic N) is 1. The number of carbonyl (C=O) groups excluding carboxylic acids is 3.